The summed E-state index contributed by atoms with van der Waals surface area (Å²) in [6, 6.07) is 0. The van der Waals surface area contributed by atoms with Crippen LogP contribution in [0.15, 0.2) is 12.4 Å². The quantitative estimate of drug-likeness (QED) is 0.548. The molecule has 9 nitrogen and oxygen atoms in total. The van der Waals surface area contributed by atoms with Gasteiger partial charge in [-0.15, -0.1) is 0 Å². The van der Waals surface area contributed by atoms with E-state index < -0.39 is 18.3 Å². The molecule has 0 bridgehead atoms. The van der Waals surface area contributed by atoms with Crippen molar-refractivity contribution in [2.45, 2.75) is 58.0 Å². The Bertz CT molecular complexity index is 583. The van der Waals surface area contributed by atoms with E-state index in [1.807, 2.05) is 20.0 Å². The van der Waals surface area contributed by atoms with Crippen molar-refractivity contribution in [2.24, 2.45) is 5.92 Å². The lowest BCUT2D eigenvalue weighted by molar-refractivity contribution is -0.137. The van der Waals surface area contributed by atoms with E-state index in [0.29, 0.717) is 32.7 Å². The first-order chi connectivity index (χ1) is 13.9. The van der Waals surface area contributed by atoms with Crippen molar-refractivity contribution in [3.63, 3.8) is 0 Å². The smallest absolute Gasteiger partial charge is 0.222 e. The summed E-state index contributed by atoms with van der Waals surface area (Å²) in [4.78, 5) is 16.6. The molecule has 3 atom stereocenters. The molecular weight excluding hydrogens is 376 g/mol. The normalized spacial score (nSPS) is 26.4. The van der Waals surface area contributed by atoms with Crippen LogP contribution < -0.4 is 0 Å². The van der Waals surface area contributed by atoms with Crippen LogP contribution in [0.3, 0.4) is 0 Å². The van der Waals surface area contributed by atoms with Crippen LogP contribution in [0.4, 0.5) is 0 Å². The molecule has 0 aliphatic carbocycles. The van der Waals surface area contributed by atoms with E-state index in [1.165, 1.54) is 0 Å². The Kier molecular flexibility index (Phi) is 10.0. The molecule has 4 N–H and O–H groups in total. The molecule has 2 heterocycles. The monoisotopic (exact) mass is 412 g/mol. The van der Waals surface area contributed by atoms with Gasteiger partial charge in [-0.05, 0) is 25.3 Å². The number of carbonyl (C=O) groups is 1. The zero-order chi connectivity index (χ0) is 21.2. The average molecular weight is 413 g/mol. The third kappa shape index (κ3) is 8.39. The second-order valence-electron chi connectivity index (χ2n) is 8.23. The van der Waals surface area contributed by atoms with Gasteiger partial charge < -0.3 is 25.0 Å². The van der Waals surface area contributed by atoms with E-state index in [4.69, 9.17) is 4.74 Å². The van der Waals surface area contributed by atoms with E-state index in [2.05, 4.69) is 15.1 Å². The number of nitrogens with one attached hydrogen (secondary N) is 1. The highest BCUT2D eigenvalue weighted by Gasteiger charge is 2.29. The number of carbonyl (C=O) groups excluding carboxylic acids is 1. The lowest BCUT2D eigenvalue weighted by atomic mass is 10.1. The predicted molar refractivity (Wildman–Crippen MR) is 108 cm³/mol. The van der Waals surface area contributed by atoms with Crippen molar-refractivity contribution < 1.29 is 24.9 Å². The van der Waals surface area contributed by atoms with Crippen LogP contribution >= 0.6 is 0 Å². The first-order valence-corrected chi connectivity index (χ1v) is 10.5. The Morgan fingerprint density at radius 2 is 2.03 bits per heavy atom. The van der Waals surface area contributed by atoms with Crippen molar-refractivity contribution in [1.29, 1.82) is 0 Å². The van der Waals surface area contributed by atoms with E-state index in [-0.39, 0.29) is 25.0 Å². The van der Waals surface area contributed by atoms with Crippen molar-refractivity contribution in [1.82, 2.24) is 20.0 Å². The first-order valence-electron chi connectivity index (χ1n) is 10.5. The van der Waals surface area contributed by atoms with Gasteiger partial charge in [-0.2, -0.15) is 5.10 Å². The minimum absolute atomic E-state index is 0.0245. The van der Waals surface area contributed by atoms with Gasteiger partial charge >= 0.3 is 0 Å². The molecule has 1 saturated heterocycles. The summed E-state index contributed by atoms with van der Waals surface area (Å²) in [7, 11) is 0. The highest BCUT2D eigenvalue weighted by atomic mass is 16.5. The number of aliphatic hydroxyl groups is 3. The van der Waals surface area contributed by atoms with Gasteiger partial charge in [0.05, 0.1) is 12.8 Å². The highest BCUT2D eigenvalue weighted by Crippen LogP contribution is 2.11. The molecule has 1 amide bonds. The van der Waals surface area contributed by atoms with Gasteiger partial charge in [0.15, 0.2) is 0 Å². The lowest BCUT2D eigenvalue weighted by Crippen LogP contribution is -2.49. The molecule has 9 heteroatoms. The minimum atomic E-state index is -1.37. The van der Waals surface area contributed by atoms with Crippen LogP contribution in [0.1, 0.15) is 38.7 Å². The first kappa shape index (κ1) is 23.8. The maximum Gasteiger partial charge on any atom is 0.222 e. The fourth-order valence-electron chi connectivity index (χ4n) is 3.38. The number of aliphatic hydroxyl groups excluding tert-OH is 3. The second kappa shape index (κ2) is 12.2. The number of aromatic amines is 1. The molecule has 2 rings (SSSR count). The molecule has 1 aliphatic rings. The number of nitrogens with zero attached hydrogens (tertiary/aromatic N) is 3. The third-order valence-corrected chi connectivity index (χ3v) is 5.08. The molecule has 1 aromatic rings. The maximum atomic E-state index is 12.7. The Morgan fingerprint density at radius 1 is 1.24 bits per heavy atom. The van der Waals surface area contributed by atoms with Crippen LogP contribution in [-0.4, -0.2) is 98.9 Å². The molecule has 1 aliphatic heterocycles. The maximum absolute atomic E-state index is 12.7. The van der Waals surface area contributed by atoms with Gasteiger partial charge in [-0.3, -0.25) is 14.8 Å². The summed E-state index contributed by atoms with van der Waals surface area (Å²) in [5.41, 5.74) is 1.07. The highest BCUT2D eigenvalue weighted by molar-refractivity contribution is 5.76. The Labute approximate surface area is 172 Å². The molecule has 1 fully saturated rings. The van der Waals surface area contributed by atoms with Crippen LogP contribution in [0.5, 0.6) is 0 Å². The predicted octanol–water partition coefficient (Wildman–Crippen LogP) is -0.0205. The Hall–Kier alpha value is -1.52. The molecule has 0 unspecified atom stereocenters. The van der Waals surface area contributed by atoms with Crippen molar-refractivity contribution in [2.75, 3.05) is 39.4 Å². The number of ether oxygens (including phenoxy) is 1. The van der Waals surface area contributed by atoms with Gasteiger partial charge in [0.2, 0.25) is 5.91 Å². The number of H-pyrrole nitrogens is 1. The molecule has 1 aromatic heterocycles. The number of amides is 1. The largest absolute Gasteiger partial charge is 0.388 e. The van der Waals surface area contributed by atoms with Gasteiger partial charge in [-0.25, -0.2) is 0 Å². The molecule has 0 spiro atoms. The summed E-state index contributed by atoms with van der Waals surface area (Å²) in [5, 5.41) is 37.5. The number of hydrogen-bond acceptors (Lipinski definition) is 7. The van der Waals surface area contributed by atoms with E-state index in [1.54, 1.807) is 11.1 Å². The number of β-amino-alcohol motifs (C(OH)–C–C–N with tert-alkyl or cyclic N) is 1. The van der Waals surface area contributed by atoms with E-state index >= 15 is 0 Å². The molecule has 0 saturated carbocycles. The average Bonchev–Trinajstić information content (AvgIpc) is 3.18. The number of rotatable bonds is 4. The number of hydrogen-bond donors (Lipinski definition) is 4. The minimum Gasteiger partial charge on any atom is -0.388 e. The van der Waals surface area contributed by atoms with Crippen LogP contribution in [0.25, 0.3) is 0 Å². The topological polar surface area (TPSA) is 122 Å². The van der Waals surface area contributed by atoms with Crippen molar-refractivity contribution in [3.05, 3.63) is 18.0 Å². The van der Waals surface area contributed by atoms with Gasteiger partial charge in [0, 0.05) is 51.0 Å². The van der Waals surface area contributed by atoms with Crippen LogP contribution in [0, 0.1) is 5.92 Å². The Morgan fingerprint density at radius 3 is 2.72 bits per heavy atom. The van der Waals surface area contributed by atoms with E-state index in [9.17, 15) is 20.1 Å². The summed E-state index contributed by atoms with van der Waals surface area (Å²) < 4.78 is 5.44. The molecule has 0 radical (unpaired) electrons. The van der Waals surface area contributed by atoms with Crippen LogP contribution in [0.2, 0.25) is 0 Å². The second-order valence-corrected chi connectivity index (χ2v) is 8.23. The summed E-state index contributed by atoms with van der Waals surface area (Å²) in [5.74, 6) is 0.131. The van der Waals surface area contributed by atoms with E-state index in [0.717, 1.165) is 24.9 Å². The molecular formula is C20H36N4O5. The molecule has 166 valence electrons. The van der Waals surface area contributed by atoms with Crippen molar-refractivity contribution in [3.8, 4) is 0 Å². The molecule has 29 heavy (non-hydrogen) atoms. The lowest BCUT2D eigenvalue weighted by Gasteiger charge is -2.32. The third-order valence-electron chi connectivity index (χ3n) is 5.08. The van der Waals surface area contributed by atoms with Gasteiger partial charge in [0.1, 0.15) is 18.3 Å². The Balaban J connectivity index is 2.09. The standard InChI is InChI=1S/C20H36N4O5/c1-15(2)9-19(27)24-7-6-23(12-16-10-21-22-11-16)5-3-4-8-29-14-18(26)20(28)17(25)13-24/h10-11,15,17-18,20,25-26,28H,3-9,12-14H2,1-2H3,(H,21,22)/t17-,18+,20+/m0/s1. The fourth-order valence-corrected chi connectivity index (χ4v) is 3.38. The fraction of sp³-hybridized carbons (Fsp3) is 0.800. The van der Waals surface area contributed by atoms with Gasteiger partial charge in [-0.1, -0.05) is 13.8 Å². The summed E-state index contributed by atoms with van der Waals surface area (Å²) in [6.45, 7) is 7.00. The zero-order valence-corrected chi connectivity index (χ0v) is 17.5. The SMILES string of the molecule is CC(C)CC(=O)N1CCN(Cc2cn[nH]c2)CCCCOC[C@@H](O)[C@H](O)[C@@H](O)C1. The van der Waals surface area contributed by atoms with Gasteiger partial charge in [0.25, 0.3) is 0 Å². The molecule has 0 aromatic carbocycles. The summed E-state index contributed by atoms with van der Waals surface area (Å²) in [6.07, 6.45) is 1.96. The summed E-state index contributed by atoms with van der Waals surface area (Å²) >= 11 is 0. The zero-order valence-electron chi connectivity index (χ0n) is 17.5. The van der Waals surface area contributed by atoms with Crippen molar-refractivity contribution >= 4 is 5.91 Å². The van der Waals surface area contributed by atoms with Crippen LogP contribution in [-0.2, 0) is 16.1 Å². The number of aromatic nitrogens is 2.